The number of amides is 1. The van der Waals surface area contributed by atoms with Crippen LogP contribution in [0.25, 0.3) is 0 Å². The SMILES string of the molecule is CCC(=O)NCCCC[C@H](CC(C)=O)C(=O)O. The van der Waals surface area contributed by atoms with Crippen LogP contribution in [-0.4, -0.2) is 29.3 Å². The van der Waals surface area contributed by atoms with E-state index in [1.807, 2.05) is 0 Å². The van der Waals surface area contributed by atoms with Crippen molar-refractivity contribution in [3.05, 3.63) is 0 Å². The van der Waals surface area contributed by atoms with E-state index < -0.39 is 11.9 Å². The van der Waals surface area contributed by atoms with Gasteiger partial charge < -0.3 is 15.2 Å². The fourth-order valence-corrected chi connectivity index (χ4v) is 1.53. The Labute approximate surface area is 102 Å². The maximum Gasteiger partial charge on any atom is 0.306 e. The van der Waals surface area contributed by atoms with Gasteiger partial charge in [0, 0.05) is 19.4 Å². The van der Waals surface area contributed by atoms with Crippen LogP contribution in [0, 0.1) is 5.92 Å². The van der Waals surface area contributed by atoms with Gasteiger partial charge >= 0.3 is 5.97 Å². The summed E-state index contributed by atoms with van der Waals surface area (Å²) in [6.07, 6.45) is 2.48. The maximum atomic E-state index is 10.9. The van der Waals surface area contributed by atoms with Crippen LogP contribution in [0.15, 0.2) is 0 Å². The van der Waals surface area contributed by atoms with Gasteiger partial charge in [-0.2, -0.15) is 0 Å². The third-order valence-electron chi connectivity index (χ3n) is 2.51. The zero-order chi connectivity index (χ0) is 13.3. The Kier molecular flexibility index (Phi) is 8.01. The third kappa shape index (κ3) is 8.42. The molecule has 0 aromatic rings. The Morgan fingerprint density at radius 2 is 1.88 bits per heavy atom. The quantitative estimate of drug-likeness (QED) is 0.599. The number of carbonyl (C=O) groups excluding carboxylic acids is 2. The first-order chi connectivity index (χ1) is 7.97. The smallest absolute Gasteiger partial charge is 0.306 e. The lowest BCUT2D eigenvalue weighted by Crippen LogP contribution is -2.23. The van der Waals surface area contributed by atoms with Crippen molar-refractivity contribution in [3.8, 4) is 0 Å². The summed E-state index contributed by atoms with van der Waals surface area (Å²) < 4.78 is 0. The van der Waals surface area contributed by atoms with Crippen LogP contribution in [0.1, 0.15) is 46.0 Å². The van der Waals surface area contributed by atoms with E-state index in [-0.39, 0.29) is 18.1 Å². The molecule has 0 unspecified atom stereocenters. The monoisotopic (exact) mass is 243 g/mol. The Balaban J connectivity index is 3.72. The van der Waals surface area contributed by atoms with Crippen LogP contribution in [-0.2, 0) is 14.4 Å². The number of aliphatic carboxylic acids is 1. The zero-order valence-electron chi connectivity index (χ0n) is 10.5. The van der Waals surface area contributed by atoms with Crippen molar-refractivity contribution in [2.75, 3.05) is 6.54 Å². The minimum absolute atomic E-state index is 0.00326. The summed E-state index contributed by atoms with van der Waals surface area (Å²) in [5.41, 5.74) is 0. The highest BCUT2D eigenvalue weighted by atomic mass is 16.4. The van der Waals surface area contributed by atoms with E-state index in [9.17, 15) is 14.4 Å². The van der Waals surface area contributed by atoms with E-state index >= 15 is 0 Å². The molecule has 0 bridgehead atoms. The van der Waals surface area contributed by atoms with Gasteiger partial charge in [0.05, 0.1) is 5.92 Å². The number of carboxylic acids is 1. The standard InChI is InChI=1S/C12H21NO4/c1-3-11(15)13-7-5-4-6-10(12(16)17)8-9(2)14/h10H,3-8H2,1-2H3,(H,13,15)(H,16,17)/t10-/m1/s1. The van der Waals surface area contributed by atoms with Crippen molar-refractivity contribution >= 4 is 17.7 Å². The van der Waals surface area contributed by atoms with Crippen LogP contribution in [0.2, 0.25) is 0 Å². The van der Waals surface area contributed by atoms with E-state index in [0.29, 0.717) is 25.8 Å². The first kappa shape index (κ1) is 15.6. The summed E-state index contributed by atoms with van der Waals surface area (Å²) in [6.45, 7) is 3.75. The molecule has 98 valence electrons. The summed E-state index contributed by atoms with van der Waals surface area (Å²) in [5.74, 6) is -1.60. The number of nitrogens with one attached hydrogen (secondary N) is 1. The summed E-state index contributed by atoms with van der Waals surface area (Å²) in [5, 5.41) is 11.6. The van der Waals surface area contributed by atoms with Crippen LogP contribution < -0.4 is 5.32 Å². The molecule has 1 amide bonds. The van der Waals surface area contributed by atoms with E-state index in [2.05, 4.69) is 5.32 Å². The molecule has 5 nitrogen and oxygen atoms in total. The summed E-state index contributed by atoms with van der Waals surface area (Å²) in [4.78, 5) is 32.6. The number of hydrogen-bond donors (Lipinski definition) is 2. The minimum Gasteiger partial charge on any atom is -0.481 e. The molecule has 0 aromatic carbocycles. The van der Waals surface area contributed by atoms with E-state index in [1.165, 1.54) is 6.92 Å². The Morgan fingerprint density at radius 1 is 1.24 bits per heavy atom. The molecule has 2 N–H and O–H groups in total. The molecule has 5 heteroatoms. The van der Waals surface area contributed by atoms with Crippen LogP contribution in [0.3, 0.4) is 0 Å². The number of unbranched alkanes of at least 4 members (excludes halogenated alkanes) is 1. The van der Waals surface area contributed by atoms with Gasteiger partial charge in [-0.1, -0.05) is 13.3 Å². The van der Waals surface area contributed by atoms with Crippen molar-refractivity contribution in [1.82, 2.24) is 5.32 Å². The first-order valence-electron chi connectivity index (χ1n) is 5.96. The van der Waals surface area contributed by atoms with E-state index in [1.54, 1.807) is 6.92 Å². The highest BCUT2D eigenvalue weighted by molar-refractivity contribution is 5.81. The maximum absolute atomic E-state index is 10.9. The lowest BCUT2D eigenvalue weighted by atomic mass is 9.97. The highest BCUT2D eigenvalue weighted by Gasteiger charge is 2.18. The van der Waals surface area contributed by atoms with Gasteiger partial charge in [-0.3, -0.25) is 9.59 Å². The van der Waals surface area contributed by atoms with Crippen LogP contribution in [0.5, 0.6) is 0 Å². The van der Waals surface area contributed by atoms with Crippen LogP contribution in [0.4, 0.5) is 0 Å². The lowest BCUT2D eigenvalue weighted by molar-refractivity contribution is -0.143. The van der Waals surface area contributed by atoms with Gasteiger partial charge in [-0.05, 0) is 19.8 Å². The first-order valence-corrected chi connectivity index (χ1v) is 5.96. The second-order valence-electron chi connectivity index (χ2n) is 4.14. The second-order valence-corrected chi connectivity index (χ2v) is 4.14. The third-order valence-corrected chi connectivity index (χ3v) is 2.51. The molecule has 0 saturated carbocycles. The predicted octanol–water partition coefficient (Wildman–Crippen LogP) is 1.36. The molecule has 0 heterocycles. The largest absolute Gasteiger partial charge is 0.481 e. The Bertz CT molecular complexity index is 276. The van der Waals surface area contributed by atoms with Crippen molar-refractivity contribution in [2.45, 2.75) is 46.0 Å². The van der Waals surface area contributed by atoms with E-state index in [4.69, 9.17) is 5.11 Å². The highest BCUT2D eigenvalue weighted by Crippen LogP contribution is 2.13. The molecule has 0 rings (SSSR count). The molecule has 0 saturated heterocycles. The fraction of sp³-hybridized carbons (Fsp3) is 0.750. The summed E-state index contributed by atoms with van der Waals surface area (Å²) >= 11 is 0. The van der Waals surface area contributed by atoms with Gasteiger partial charge in [-0.15, -0.1) is 0 Å². The number of hydrogen-bond acceptors (Lipinski definition) is 3. The molecule has 0 aromatic heterocycles. The normalized spacial score (nSPS) is 11.9. The molecule has 0 aliphatic rings. The predicted molar refractivity (Wildman–Crippen MR) is 63.6 cm³/mol. The molecular formula is C12H21NO4. The fourth-order valence-electron chi connectivity index (χ4n) is 1.53. The molecule has 0 radical (unpaired) electrons. The average Bonchev–Trinajstić information content (AvgIpc) is 2.25. The zero-order valence-corrected chi connectivity index (χ0v) is 10.5. The lowest BCUT2D eigenvalue weighted by Gasteiger charge is -2.10. The summed E-state index contributed by atoms with van der Waals surface area (Å²) in [7, 11) is 0. The number of Topliss-reactive ketones (excluding diaryl/α,β-unsaturated/α-hetero) is 1. The van der Waals surface area contributed by atoms with Crippen molar-refractivity contribution in [1.29, 1.82) is 0 Å². The minimum atomic E-state index is -0.919. The van der Waals surface area contributed by atoms with Crippen molar-refractivity contribution in [3.63, 3.8) is 0 Å². The van der Waals surface area contributed by atoms with E-state index in [0.717, 1.165) is 6.42 Å². The molecule has 0 aliphatic carbocycles. The van der Waals surface area contributed by atoms with Gasteiger partial charge in [-0.25, -0.2) is 0 Å². The Hall–Kier alpha value is -1.39. The molecule has 0 fully saturated rings. The Morgan fingerprint density at radius 3 is 2.35 bits per heavy atom. The average molecular weight is 243 g/mol. The van der Waals surface area contributed by atoms with Gasteiger partial charge in [0.2, 0.25) is 5.91 Å². The molecular weight excluding hydrogens is 222 g/mol. The van der Waals surface area contributed by atoms with Crippen LogP contribution >= 0.6 is 0 Å². The summed E-state index contributed by atoms with van der Waals surface area (Å²) in [6, 6.07) is 0. The molecule has 1 atom stereocenters. The number of ketones is 1. The molecule has 0 aliphatic heterocycles. The van der Waals surface area contributed by atoms with Crippen molar-refractivity contribution in [2.24, 2.45) is 5.92 Å². The van der Waals surface area contributed by atoms with Gasteiger partial charge in [0.15, 0.2) is 0 Å². The molecule has 17 heavy (non-hydrogen) atoms. The number of rotatable bonds is 9. The van der Waals surface area contributed by atoms with Gasteiger partial charge in [0.1, 0.15) is 5.78 Å². The number of carboxylic acid groups (broad SMARTS) is 1. The van der Waals surface area contributed by atoms with Crippen molar-refractivity contribution < 1.29 is 19.5 Å². The topological polar surface area (TPSA) is 83.5 Å². The van der Waals surface area contributed by atoms with Gasteiger partial charge in [0.25, 0.3) is 0 Å². The number of carbonyl (C=O) groups is 3. The second kappa shape index (κ2) is 8.73. The molecule has 0 spiro atoms.